The molecule has 0 bridgehead atoms. The van der Waals surface area contributed by atoms with Crippen molar-refractivity contribution in [2.24, 2.45) is 23.7 Å². The Balaban J connectivity index is 3.15. The summed E-state index contributed by atoms with van der Waals surface area (Å²) in [7, 11) is -0.126. The van der Waals surface area contributed by atoms with Crippen molar-refractivity contribution in [1.29, 1.82) is 0 Å². The topological polar surface area (TPSA) is 111 Å². The maximum absolute atomic E-state index is 13.4. The largest absolute Gasteiger partial charge is 0.309 e. The first kappa shape index (κ1) is 26.5. The summed E-state index contributed by atoms with van der Waals surface area (Å²) in [5, 5.41) is 13.4. The molecule has 0 unspecified atom stereocenters. The number of hydrogen-bond donors (Lipinski definition) is 4. The summed E-state index contributed by atoms with van der Waals surface area (Å²) in [5.41, 5.74) is 5.38. The first-order chi connectivity index (χ1) is 16.1. The molecule has 0 aliphatic heterocycles. The van der Waals surface area contributed by atoms with Crippen LogP contribution in [0.4, 0.5) is 0 Å². The molecule has 0 saturated heterocycles. The normalized spacial score (nSPS) is 14.6. The second kappa shape index (κ2) is 14.4. The monoisotopic (exact) mass is 461 g/mol. The summed E-state index contributed by atoms with van der Waals surface area (Å²) in [6, 6.07) is 8.93. The van der Waals surface area contributed by atoms with Crippen molar-refractivity contribution in [2.45, 2.75) is 53.5 Å². The number of carbonyl (C=O) groups is 3. The number of carbonyl (C=O) groups excluding carboxylic acids is 3. The maximum atomic E-state index is 13.4. The summed E-state index contributed by atoms with van der Waals surface area (Å²) >= 11 is 0. The van der Waals surface area contributed by atoms with E-state index in [4.69, 9.17) is 1.37 Å². The summed E-state index contributed by atoms with van der Waals surface area (Å²) in [4.78, 5) is 38.9. The van der Waals surface area contributed by atoms with Gasteiger partial charge in [0.1, 0.15) is 0 Å². The molecular weight excluding hydrogens is 420 g/mol. The van der Waals surface area contributed by atoms with Gasteiger partial charge in [0, 0.05) is 7.92 Å². The lowest BCUT2D eigenvalue weighted by Gasteiger charge is -2.31. The van der Waals surface area contributed by atoms with Gasteiger partial charge in [-0.15, -0.1) is 0 Å². The van der Waals surface area contributed by atoms with Crippen molar-refractivity contribution in [2.75, 3.05) is 13.6 Å². The molecule has 0 fully saturated rings. The lowest BCUT2D eigenvalue weighted by molar-refractivity contribution is -0.148. The molecule has 1 aromatic carbocycles. The highest BCUT2D eigenvalue weighted by atomic mass is 16.5. The van der Waals surface area contributed by atoms with Gasteiger partial charge in [0.2, 0.25) is 11.8 Å². The van der Waals surface area contributed by atoms with Crippen LogP contribution in [-0.4, -0.2) is 47.5 Å². The molecule has 4 N–H and O–H groups in total. The van der Waals surface area contributed by atoms with Crippen LogP contribution in [-0.2, 0) is 14.4 Å². The third-order valence-corrected chi connectivity index (χ3v) is 5.23. The second-order valence-corrected chi connectivity index (χ2v) is 9.11. The minimum atomic E-state index is -0.827. The van der Waals surface area contributed by atoms with Crippen molar-refractivity contribution in [1.82, 2.24) is 21.2 Å². The van der Waals surface area contributed by atoms with Crippen molar-refractivity contribution >= 4 is 23.8 Å². The highest BCUT2D eigenvalue weighted by Crippen LogP contribution is 2.25. The number of amides is 3. The molecule has 8 nitrogen and oxygen atoms in total. The molecule has 33 heavy (non-hydrogen) atoms. The van der Waals surface area contributed by atoms with Gasteiger partial charge >= 0.3 is 0 Å². The fraction of sp³-hybridized carbons (Fsp3) is 0.560. The molecule has 1 rings (SSSR count). The number of allylic oxidation sites excluding steroid dienone is 1. The number of hydroxylamine groups is 1. The summed E-state index contributed by atoms with van der Waals surface area (Å²) in [6.45, 7) is 9.68. The minimum absolute atomic E-state index is 0.0846. The molecule has 0 aromatic heterocycles. The second-order valence-electron chi connectivity index (χ2n) is 9.11. The Morgan fingerprint density at radius 2 is 1.70 bits per heavy atom. The Hall–Kier alpha value is -2.71. The summed E-state index contributed by atoms with van der Waals surface area (Å²) in [5.74, 6) is -2.87. The Kier molecular flexibility index (Phi) is 11.6. The van der Waals surface area contributed by atoms with E-state index in [0.717, 1.165) is 5.56 Å². The van der Waals surface area contributed by atoms with Crippen molar-refractivity contribution in [3.05, 3.63) is 42.0 Å². The van der Waals surface area contributed by atoms with Crippen molar-refractivity contribution in [3.63, 3.8) is 0 Å². The first-order valence-electron chi connectivity index (χ1n) is 12.1. The van der Waals surface area contributed by atoms with Gasteiger partial charge in [-0.2, -0.15) is 0 Å². The van der Waals surface area contributed by atoms with Gasteiger partial charge in [-0.3, -0.25) is 30.0 Å². The van der Waals surface area contributed by atoms with Crippen LogP contribution in [0.15, 0.2) is 36.4 Å². The quantitative estimate of drug-likeness (QED) is 0.282. The van der Waals surface area contributed by atoms with E-state index in [9.17, 15) is 19.6 Å². The average molecular weight is 462 g/mol. The van der Waals surface area contributed by atoms with Gasteiger partial charge in [-0.25, -0.2) is 5.48 Å². The molecule has 8 heteroatoms. The third-order valence-electron chi connectivity index (χ3n) is 5.23. The molecule has 0 saturated carbocycles. The van der Waals surface area contributed by atoms with E-state index in [0.29, 0.717) is 6.42 Å². The molecule has 184 valence electrons. The minimum Gasteiger partial charge on any atom is -0.309 e. The predicted molar refractivity (Wildman–Crippen MR) is 130 cm³/mol. The zero-order chi connectivity index (χ0) is 25.7. The van der Waals surface area contributed by atoms with Crippen LogP contribution in [0.1, 0.15) is 54.4 Å². The number of nitrogens with zero attached hydrogens (tertiary/aromatic N) is 1. The van der Waals surface area contributed by atoms with Crippen LogP contribution in [0.3, 0.4) is 0 Å². The smallest absolute Gasteiger partial charge is 0.257 e. The Bertz CT molecular complexity index is 801. The van der Waals surface area contributed by atoms with Crippen LogP contribution in [0.5, 0.6) is 0 Å². The van der Waals surface area contributed by atoms with Crippen LogP contribution in [0, 0.1) is 23.7 Å². The van der Waals surface area contributed by atoms with E-state index in [-0.39, 0.29) is 37.7 Å². The number of hydrogen-bond acceptors (Lipinski definition) is 5. The van der Waals surface area contributed by atoms with Gasteiger partial charge < -0.3 is 5.32 Å². The van der Waals surface area contributed by atoms with E-state index < -0.39 is 29.7 Å². The Morgan fingerprint density at radius 1 is 1.03 bits per heavy atom. The highest BCUT2D eigenvalue weighted by molar-refractivity contribution is 5.89. The fourth-order valence-corrected chi connectivity index (χ4v) is 3.51. The SMILES string of the molecule is [2H]CN[C@@H](C)C(=O)N(CC(C)C)NC(=O)[C@H](CC(C)C)[C@H](C/C=C/c1ccccc1)C(=O)NO. The van der Waals surface area contributed by atoms with Gasteiger partial charge in [0.25, 0.3) is 5.91 Å². The lowest BCUT2D eigenvalue weighted by Crippen LogP contribution is -2.56. The molecule has 0 aliphatic rings. The standard InChI is InChI=1S/C25H40N4O4/c1-17(2)15-22(23(30)27-29(16-18(3)4)25(32)19(5)26-6)21(24(31)28-33)14-10-13-20-11-8-7-9-12-20/h7-13,17-19,21-22,26,33H,14-16H2,1-6H3,(H,27,30)(H,28,31)/b13-10+/t19-,21-,22+/m0/s1/i6D. The molecule has 3 amide bonds. The van der Waals surface area contributed by atoms with E-state index in [2.05, 4.69) is 10.7 Å². The number of hydrazine groups is 1. The molecule has 1 aromatic rings. The lowest BCUT2D eigenvalue weighted by atomic mass is 9.82. The number of benzene rings is 1. The Labute approximate surface area is 199 Å². The molecule has 0 spiro atoms. The molecule has 0 heterocycles. The van der Waals surface area contributed by atoms with Crippen LogP contribution in [0.25, 0.3) is 6.08 Å². The number of rotatable bonds is 12. The molecule has 0 aliphatic carbocycles. The van der Waals surface area contributed by atoms with Crippen molar-refractivity contribution < 1.29 is 21.0 Å². The van der Waals surface area contributed by atoms with Gasteiger partial charge in [-0.1, -0.05) is 70.2 Å². The number of likely N-dealkylation sites (N-methyl/N-ethyl adjacent to an activating group) is 1. The molecular formula is C25H40N4O4. The fourth-order valence-electron chi connectivity index (χ4n) is 3.51. The maximum Gasteiger partial charge on any atom is 0.257 e. The average Bonchev–Trinajstić information content (AvgIpc) is 2.79. The third kappa shape index (κ3) is 9.75. The van der Waals surface area contributed by atoms with Crippen molar-refractivity contribution in [3.8, 4) is 0 Å². The van der Waals surface area contributed by atoms with E-state index >= 15 is 0 Å². The number of nitrogens with one attached hydrogen (secondary N) is 3. The Morgan fingerprint density at radius 3 is 2.24 bits per heavy atom. The van der Waals surface area contributed by atoms with Gasteiger partial charge in [0.05, 0.1) is 17.9 Å². The van der Waals surface area contributed by atoms with Crippen LogP contribution < -0.4 is 16.2 Å². The van der Waals surface area contributed by atoms with E-state index in [1.807, 2.05) is 70.2 Å². The summed E-state index contributed by atoms with van der Waals surface area (Å²) in [6.07, 6.45) is 4.31. The highest BCUT2D eigenvalue weighted by Gasteiger charge is 2.35. The van der Waals surface area contributed by atoms with E-state index in [1.54, 1.807) is 12.4 Å². The predicted octanol–water partition coefficient (Wildman–Crippen LogP) is 3.00. The molecule has 3 atom stereocenters. The zero-order valence-corrected chi connectivity index (χ0v) is 20.4. The summed E-state index contributed by atoms with van der Waals surface area (Å²) < 4.78 is 7.30. The van der Waals surface area contributed by atoms with Crippen LogP contribution in [0.2, 0.25) is 0 Å². The van der Waals surface area contributed by atoms with Crippen LogP contribution >= 0.6 is 0 Å². The first-order valence-corrected chi connectivity index (χ1v) is 11.4. The van der Waals surface area contributed by atoms with Gasteiger partial charge in [-0.05, 0) is 44.2 Å². The molecule has 0 radical (unpaired) electrons. The van der Waals surface area contributed by atoms with E-state index in [1.165, 1.54) is 5.01 Å². The zero-order valence-electron chi connectivity index (χ0n) is 21.4. The van der Waals surface area contributed by atoms with Gasteiger partial charge in [0.15, 0.2) is 0 Å².